The number of aliphatic hydroxyl groups is 4. The minimum atomic E-state index is -1.51. The quantitative estimate of drug-likeness (QED) is 0.465. The van der Waals surface area contributed by atoms with Gasteiger partial charge in [-0.25, -0.2) is 4.39 Å². The van der Waals surface area contributed by atoms with Crippen LogP contribution < -0.4 is 4.74 Å². The summed E-state index contributed by atoms with van der Waals surface area (Å²) in [6.07, 6.45) is -6.32. The van der Waals surface area contributed by atoms with Crippen LogP contribution in [0.2, 0.25) is 5.02 Å². The highest BCUT2D eigenvalue weighted by Crippen LogP contribution is 2.40. The van der Waals surface area contributed by atoms with Crippen LogP contribution in [0.15, 0.2) is 48.5 Å². The molecule has 32 heavy (non-hydrogen) atoms. The largest absolute Gasteiger partial charge is 0.497 e. The third kappa shape index (κ3) is 4.08. The van der Waals surface area contributed by atoms with E-state index in [9.17, 15) is 24.8 Å². The summed E-state index contributed by atoms with van der Waals surface area (Å²) in [5, 5.41) is 42.4. The molecule has 1 heterocycles. The van der Waals surface area contributed by atoms with Gasteiger partial charge in [0.05, 0.1) is 18.7 Å². The molecule has 1 fully saturated rings. The second-order valence-electron chi connectivity index (χ2n) is 7.87. The molecule has 0 saturated carbocycles. The monoisotopic (exact) mass is 462 g/mol. The number of hydrogen-bond acceptors (Lipinski definition) is 6. The van der Waals surface area contributed by atoms with Crippen LogP contribution in [0.4, 0.5) is 4.39 Å². The molecule has 1 aliphatic rings. The zero-order valence-corrected chi connectivity index (χ0v) is 18.0. The number of hydrogen-bond donors (Lipinski definition) is 4. The Morgan fingerprint density at radius 2 is 1.69 bits per heavy atom. The van der Waals surface area contributed by atoms with Crippen molar-refractivity contribution in [3.05, 3.63) is 76.1 Å². The van der Waals surface area contributed by atoms with Gasteiger partial charge in [-0.05, 0) is 28.1 Å². The molecular weight excluding hydrogens is 439 g/mol. The lowest BCUT2D eigenvalue weighted by atomic mass is 9.87. The first-order valence-electron chi connectivity index (χ1n) is 10.2. The Hall–Kier alpha value is -2.26. The standard InChI is InChI=1S/C24H24ClFO6/c1-31-14-7-6-12(18(26)10-14)8-13-9-17(15-4-2-3-5-16(15)20(13)25)24-23(30)22(29)21(28)19(11-27)32-24/h2-7,9-10,19,21-24,27-30H,8,11H2,1H3/t19-,21-,22+,23-,24+/m1/s1. The van der Waals surface area contributed by atoms with Gasteiger partial charge >= 0.3 is 0 Å². The molecule has 0 unspecified atom stereocenters. The van der Waals surface area contributed by atoms with E-state index in [2.05, 4.69) is 0 Å². The predicted octanol–water partition coefficient (Wildman–Crippen LogP) is 2.75. The molecule has 4 N–H and O–H groups in total. The number of aliphatic hydroxyl groups excluding tert-OH is 4. The fraction of sp³-hybridized carbons (Fsp3) is 0.333. The third-order valence-corrected chi connectivity index (χ3v) is 6.37. The van der Waals surface area contributed by atoms with Crippen molar-refractivity contribution in [2.75, 3.05) is 13.7 Å². The van der Waals surface area contributed by atoms with Gasteiger partial charge in [0.15, 0.2) is 0 Å². The molecule has 1 aliphatic heterocycles. The number of ether oxygens (including phenoxy) is 2. The highest BCUT2D eigenvalue weighted by atomic mass is 35.5. The molecule has 0 amide bonds. The van der Waals surface area contributed by atoms with Crippen molar-refractivity contribution in [1.29, 1.82) is 0 Å². The molecule has 3 aromatic rings. The maximum absolute atomic E-state index is 14.6. The van der Waals surface area contributed by atoms with Crippen LogP contribution >= 0.6 is 11.6 Å². The summed E-state index contributed by atoms with van der Waals surface area (Å²) in [5.74, 6) is -0.0409. The molecular formula is C24H24ClFO6. The van der Waals surface area contributed by atoms with Crippen molar-refractivity contribution in [2.24, 2.45) is 0 Å². The van der Waals surface area contributed by atoms with Crippen LogP contribution in [0.3, 0.4) is 0 Å². The molecule has 0 spiro atoms. The van der Waals surface area contributed by atoms with Gasteiger partial charge in [-0.3, -0.25) is 0 Å². The summed E-state index contributed by atoms with van der Waals surface area (Å²) in [5.41, 5.74) is 1.52. The number of halogens is 2. The lowest BCUT2D eigenvalue weighted by Crippen LogP contribution is -2.55. The van der Waals surface area contributed by atoms with E-state index in [1.54, 1.807) is 36.4 Å². The minimum Gasteiger partial charge on any atom is -0.497 e. The van der Waals surface area contributed by atoms with Gasteiger partial charge in [-0.1, -0.05) is 48.0 Å². The molecule has 1 saturated heterocycles. The van der Waals surface area contributed by atoms with E-state index < -0.39 is 42.9 Å². The average Bonchev–Trinajstić information content (AvgIpc) is 2.81. The van der Waals surface area contributed by atoms with Gasteiger partial charge in [-0.15, -0.1) is 0 Å². The predicted molar refractivity (Wildman–Crippen MR) is 117 cm³/mol. The molecule has 0 aromatic heterocycles. The Bertz CT molecular complexity index is 1120. The van der Waals surface area contributed by atoms with Crippen molar-refractivity contribution in [1.82, 2.24) is 0 Å². The molecule has 8 heteroatoms. The zero-order chi connectivity index (χ0) is 23.0. The van der Waals surface area contributed by atoms with Crippen molar-refractivity contribution >= 4 is 22.4 Å². The normalized spacial score (nSPS) is 25.8. The van der Waals surface area contributed by atoms with Gasteiger partial charge in [0.1, 0.15) is 42.1 Å². The minimum absolute atomic E-state index is 0.171. The lowest BCUT2D eigenvalue weighted by molar-refractivity contribution is -0.231. The zero-order valence-electron chi connectivity index (χ0n) is 17.3. The molecule has 0 bridgehead atoms. The van der Waals surface area contributed by atoms with Crippen LogP contribution in [0.25, 0.3) is 10.8 Å². The molecule has 0 aliphatic carbocycles. The number of rotatable bonds is 5. The number of methoxy groups -OCH3 is 1. The van der Waals surface area contributed by atoms with Crippen molar-refractivity contribution in [3.8, 4) is 5.75 Å². The number of fused-ring (bicyclic) bond motifs is 1. The van der Waals surface area contributed by atoms with Crippen molar-refractivity contribution in [2.45, 2.75) is 36.9 Å². The fourth-order valence-electron chi connectivity index (χ4n) is 4.15. The second kappa shape index (κ2) is 9.31. The summed E-state index contributed by atoms with van der Waals surface area (Å²) in [6, 6.07) is 13.5. The Balaban J connectivity index is 1.82. The first-order valence-corrected chi connectivity index (χ1v) is 10.6. The highest BCUT2D eigenvalue weighted by molar-refractivity contribution is 6.36. The summed E-state index contributed by atoms with van der Waals surface area (Å²) >= 11 is 6.68. The van der Waals surface area contributed by atoms with E-state index in [1.165, 1.54) is 13.2 Å². The molecule has 3 aromatic carbocycles. The van der Waals surface area contributed by atoms with Crippen LogP contribution in [0.5, 0.6) is 5.75 Å². The van der Waals surface area contributed by atoms with Gasteiger partial charge in [0, 0.05) is 17.9 Å². The van der Waals surface area contributed by atoms with Gasteiger partial charge in [0.2, 0.25) is 0 Å². The van der Waals surface area contributed by atoms with E-state index in [0.717, 1.165) is 0 Å². The topological polar surface area (TPSA) is 99.4 Å². The molecule has 5 atom stereocenters. The number of benzene rings is 3. The maximum Gasteiger partial charge on any atom is 0.130 e. The third-order valence-electron chi connectivity index (χ3n) is 5.93. The van der Waals surface area contributed by atoms with E-state index >= 15 is 0 Å². The van der Waals surface area contributed by atoms with Gasteiger partial charge < -0.3 is 29.9 Å². The van der Waals surface area contributed by atoms with Crippen LogP contribution in [-0.2, 0) is 11.2 Å². The first-order chi connectivity index (χ1) is 15.3. The molecule has 170 valence electrons. The van der Waals surface area contributed by atoms with E-state index in [0.29, 0.717) is 38.2 Å². The summed E-state index contributed by atoms with van der Waals surface area (Å²) in [7, 11) is 1.46. The van der Waals surface area contributed by atoms with Gasteiger partial charge in [0.25, 0.3) is 0 Å². The van der Waals surface area contributed by atoms with Crippen LogP contribution in [0, 0.1) is 5.82 Å². The Labute approximate surface area is 189 Å². The van der Waals surface area contributed by atoms with E-state index in [1.807, 2.05) is 6.07 Å². The molecule has 4 rings (SSSR count). The van der Waals surface area contributed by atoms with Crippen molar-refractivity contribution in [3.63, 3.8) is 0 Å². The fourth-order valence-corrected chi connectivity index (χ4v) is 4.44. The van der Waals surface area contributed by atoms with Gasteiger partial charge in [-0.2, -0.15) is 0 Å². The summed E-state index contributed by atoms with van der Waals surface area (Å²) in [4.78, 5) is 0. The Morgan fingerprint density at radius 3 is 2.34 bits per heavy atom. The van der Waals surface area contributed by atoms with Crippen molar-refractivity contribution < 1.29 is 34.3 Å². The maximum atomic E-state index is 14.6. The van der Waals surface area contributed by atoms with Crippen LogP contribution in [0.1, 0.15) is 22.8 Å². The second-order valence-corrected chi connectivity index (χ2v) is 8.25. The molecule has 0 radical (unpaired) electrons. The molecule has 6 nitrogen and oxygen atoms in total. The Morgan fingerprint density at radius 1 is 0.969 bits per heavy atom. The smallest absolute Gasteiger partial charge is 0.130 e. The summed E-state index contributed by atoms with van der Waals surface area (Å²) < 4.78 is 25.4. The van der Waals surface area contributed by atoms with Crippen LogP contribution in [-0.4, -0.2) is 58.6 Å². The lowest BCUT2D eigenvalue weighted by Gasteiger charge is -2.40. The first kappa shape index (κ1) is 22.9. The summed E-state index contributed by atoms with van der Waals surface area (Å²) in [6.45, 7) is -0.531. The van der Waals surface area contributed by atoms with E-state index in [4.69, 9.17) is 21.1 Å². The average molecular weight is 463 g/mol. The SMILES string of the molecule is COc1ccc(Cc2cc([C@@H]3O[C@H](CO)[C@@H](O)[C@H](O)[C@H]3O)c3ccccc3c2Cl)c(F)c1. The van der Waals surface area contributed by atoms with E-state index in [-0.39, 0.29) is 6.42 Å². The Kier molecular flexibility index (Phi) is 6.67. The highest BCUT2D eigenvalue weighted by Gasteiger charge is 2.44.